The Hall–Kier alpha value is -5.06. The summed E-state index contributed by atoms with van der Waals surface area (Å²) in [4.78, 5) is 35.7. The van der Waals surface area contributed by atoms with Crippen molar-refractivity contribution in [2.45, 2.75) is 45.6 Å². The Labute approximate surface area is 280 Å². The molecule has 10 nitrogen and oxygen atoms in total. The van der Waals surface area contributed by atoms with E-state index in [1.807, 2.05) is 13.8 Å². The molecule has 0 saturated carbocycles. The number of anilines is 2. The second-order valence-corrected chi connectivity index (χ2v) is 12.0. The molecule has 1 fully saturated rings. The highest BCUT2D eigenvalue weighted by molar-refractivity contribution is 8.15. The highest BCUT2D eigenvalue weighted by Gasteiger charge is 2.34. The molecule has 3 aromatic carbocycles. The molecule has 0 spiro atoms. The summed E-state index contributed by atoms with van der Waals surface area (Å²) in [6, 6.07) is 14.1. The second-order valence-electron chi connectivity index (χ2n) is 11.0. The Morgan fingerprint density at radius 2 is 1.78 bits per heavy atom. The Morgan fingerprint density at radius 3 is 2.45 bits per heavy atom. The van der Waals surface area contributed by atoms with E-state index in [1.54, 1.807) is 37.3 Å². The Kier molecular flexibility index (Phi) is 10.2. The number of carbonyl (C=O) groups is 2. The van der Waals surface area contributed by atoms with Gasteiger partial charge in [0.2, 0.25) is 5.91 Å². The molecule has 0 bridgehead atoms. The number of benzene rings is 3. The number of aromatic nitrogens is 3. The number of thioether (sulfide) groups is 1. The first kappa shape index (κ1) is 35.3. The van der Waals surface area contributed by atoms with Crippen LogP contribution in [0.3, 0.4) is 0 Å². The Bertz CT molecular complexity index is 1880. The summed E-state index contributed by atoms with van der Waals surface area (Å²) in [5.74, 6) is -0.570. The molecule has 5 rings (SSSR count). The molecule has 0 radical (unpaired) electrons. The summed E-state index contributed by atoms with van der Waals surface area (Å²) in [6.07, 6.45) is -9.01. The fourth-order valence-electron chi connectivity index (χ4n) is 4.73. The minimum atomic E-state index is -4.81. The van der Waals surface area contributed by atoms with Crippen molar-refractivity contribution >= 4 is 40.2 Å². The first-order valence-electron chi connectivity index (χ1n) is 14.6. The van der Waals surface area contributed by atoms with Crippen molar-refractivity contribution < 1.29 is 45.4 Å². The van der Waals surface area contributed by atoms with Crippen molar-refractivity contribution in [2.24, 2.45) is 4.99 Å². The molecule has 4 aromatic rings. The maximum atomic E-state index is 13.2. The number of nitrogens with one attached hydrogen (secondary N) is 1. The highest BCUT2D eigenvalue weighted by Crippen LogP contribution is 2.36. The Balaban J connectivity index is 1.34. The third-order valence-corrected chi connectivity index (χ3v) is 7.88. The van der Waals surface area contributed by atoms with Crippen molar-refractivity contribution in [3.05, 3.63) is 78.1 Å². The van der Waals surface area contributed by atoms with Gasteiger partial charge in [-0.05, 0) is 78.6 Å². The predicted octanol–water partition coefficient (Wildman–Crippen LogP) is 8.26. The van der Waals surface area contributed by atoms with E-state index < -0.39 is 37.5 Å². The van der Waals surface area contributed by atoms with Crippen LogP contribution < -0.4 is 19.7 Å². The van der Waals surface area contributed by atoms with Gasteiger partial charge >= 0.3 is 18.6 Å². The molecule has 49 heavy (non-hydrogen) atoms. The number of amidine groups is 1. The van der Waals surface area contributed by atoms with E-state index in [-0.39, 0.29) is 34.0 Å². The van der Waals surface area contributed by atoms with Crippen LogP contribution in [0, 0.1) is 6.92 Å². The molecular weight excluding hydrogens is 678 g/mol. The van der Waals surface area contributed by atoms with Crippen LogP contribution in [0.1, 0.15) is 37.3 Å². The maximum Gasteiger partial charge on any atom is 0.573 e. The van der Waals surface area contributed by atoms with Gasteiger partial charge in [0.1, 0.15) is 17.8 Å². The number of hydrogen-bond acceptors (Lipinski definition) is 7. The van der Waals surface area contributed by atoms with Crippen LogP contribution >= 0.6 is 11.8 Å². The number of rotatable bonds is 9. The van der Waals surface area contributed by atoms with Gasteiger partial charge in [-0.2, -0.15) is 18.2 Å². The molecule has 1 aliphatic heterocycles. The van der Waals surface area contributed by atoms with Crippen LogP contribution in [0.25, 0.3) is 17.1 Å². The SMILES string of the molecule is Cc1ccc(OCCC(F)(F)F)c(N2C(=O)CSC2=NC(=O)Nc2ccc(-c3ncn(-c4ccc(OC(F)(F)F)cc4)n3)cc2C(C)C)c1. The first-order chi connectivity index (χ1) is 23.1. The van der Waals surface area contributed by atoms with Crippen molar-refractivity contribution in [1.29, 1.82) is 0 Å². The van der Waals surface area contributed by atoms with Gasteiger partial charge in [0.25, 0.3) is 0 Å². The average Bonchev–Trinajstić information content (AvgIpc) is 3.64. The van der Waals surface area contributed by atoms with Gasteiger partial charge in [-0.25, -0.2) is 14.5 Å². The zero-order valence-corrected chi connectivity index (χ0v) is 26.9. The third-order valence-electron chi connectivity index (χ3n) is 6.96. The summed E-state index contributed by atoms with van der Waals surface area (Å²) in [6.45, 7) is 4.90. The van der Waals surface area contributed by atoms with Crippen molar-refractivity contribution in [2.75, 3.05) is 22.6 Å². The van der Waals surface area contributed by atoms with E-state index in [0.29, 0.717) is 33.9 Å². The average molecular weight is 707 g/mol. The first-order valence-corrected chi connectivity index (χ1v) is 15.6. The monoisotopic (exact) mass is 706 g/mol. The van der Waals surface area contributed by atoms with Gasteiger partial charge in [0, 0.05) is 11.3 Å². The molecular formula is C32H28F6N6O4S. The van der Waals surface area contributed by atoms with Crippen LogP contribution in [0.2, 0.25) is 0 Å². The number of aliphatic imine (C=N–C) groups is 1. The van der Waals surface area contributed by atoms with E-state index in [4.69, 9.17) is 4.74 Å². The molecule has 2 heterocycles. The third kappa shape index (κ3) is 9.10. The van der Waals surface area contributed by atoms with E-state index >= 15 is 0 Å². The zero-order chi connectivity index (χ0) is 35.5. The topological polar surface area (TPSA) is 111 Å². The van der Waals surface area contributed by atoms with Gasteiger partial charge < -0.3 is 14.8 Å². The number of aryl methyl sites for hydroxylation is 1. The number of alkyl halides is 6. The molecule has 1 aliphatic rings. The van der Waals surface area contributed by atoms with Crippen molar-refractivity contribution in [3.8, 4) is 28.6 Å². The predicted molar refractivity (Wildman–Crippen MR) is 171 cm³/mol. The zero-order valence-electron chi connectivity index (χ0n) is 26.1. The lowest BCUT2D eigenvalue weighted by atomic mass is 9.98. The molecule has 1 saturated heterocycles. The van der Waals surface area contributed by atoms with Gasteiger partial charge in [-0.15, -0.1) is 18.3 Å². The van der Waals surface area contributed by atoms with Crippen LogP contribution in [-0.4, -0.2) is 56.8 Å². The lowest BCUT2D eigenvalue weighted by molar-refractivity contribution is -0.274. The largest absolute Gasteiger partial charge is 0.573 e. The number of urea groups is 1. The Morgan fingerprint density at radius 1 is 1.04 bits per heavy atom. The minimum Gasteiger partial charge on any atom is -0.491 e. The highest BCUT2D eigenvalue weighted by atomic mass is 32.2. The molecule has 0 aliphatic carbocycles. The second kappa shape index (κ2) is 14.2. The van der Waals surface area contributed by atoms with Crippen molar-refractivity contribution in [1.82, 2.24) is 14.8 Å². The molecule has 0 unspecified atom stereocenters. The van der Waals surface area contributed by atoms with Crippen LogP contribution in [0.15, 0.2) is 72.0 Å². The molecule has 0 atom stereocenters. The summed E-state index contributed by atoms with van der Waals surface area (Å²) < 4.78 is 86.3. The van der Waals surface area contributed by atoms with Crippen LogP contribution in [-0.2, 0) is 4.79 Å². The van der Waals surface area contributed by atoms with Gasteiger partial charge in [0.15, 0.2) is 11.0 Å². The minimum absolute atomic E-state index is 0.0317. The van der Waals surface area contributed by atoms with Gasteiger partial charge in [0.05, 0.1) is 30.2 Å². The van der Waals surface area contributed by atoms with E-state index in [0.717, 1.165) is 28.8 Å². The molecule has 17 heteroatoms. The number of carbonyl (C=O) groups excluding carboxylic acids is 2. The van der Waals surface area contributed by atoms with Crippen molar-refractivity contribution in [3.63, 3.8) is 0 Å². The number of nitrogens with zero attached hydrogens (tertiary/aromatic N) is 5. The molecule has 1 aromatic heterocycles. The summed E-state index contributed by atoms with van der Waals surface area (Å²) in [5.41, 5.74) is 3.07. The van der Waals surface area contributed by atoms with E-state index in [2.05, 4.69) is 25.1 Å². The summed E-state index contributed by atoms with van der Waals surface area (Å²) in [7, 11) is 0. The number of amides is 3. The quantitative estimate of drug-likeness (QED) is 0.175. The lowest BCUT2D eigenvalue weighted by Crippen LogP contribution is -2.31. The fraction of sp³-hybridized carbons (Fsp3) is 0.281. The molecule has 258 valence electrons. The number of halogens is 6. The van der Waals surface area contributed by atoms with Crippen LogP contribution in [0.5, 0.6) is 11.5 Å². The summed E-state index contributed by atoms with van der Waals surface area (Å²) in [5, 5.41) is 7.20. The smallest absolute Gasteiger partial charge is 0.491 e. The van der Waals surface area contributed by atoms with E-state index in [1.165, 1.54) is 29.2 Å². The lowest BCUT2D eigenvalue weighted by Gasteiger charge is -2.21. The molecule has 3 amide bonds. The van der Waals surface area contributed by atoms with Gasteiger partial charge in [-0.3, -0.25) is 9.69 Å². The summed E-state index contributed by atoms with van der Waals surface area (Å²) >= 11 is 1.00. The number of ether oxygens (including phenoxy) is 2. The standard InChI is InChI=1S/C32H28F6N6O4S/c1-18(2)23-15-20(28-39-17-43(42-28)21-6-8-22(9-7-21)48-32(36,37)38)5-10-24(23)40-29(46)41-30-44(27(45)16-49-30)25-14-19(3)4-11-26(25)47-13-12-31(33,34)35/h4-11,14-15,17-18H,12-13,16H2,1-3H3,(H,40,46). The van der Waals surface area contributed by atoms with E-state index in [9.17, 15) is 35.9 Å². The van der Waals surface area contributed by atoms with Crippen LogP contribution in [0.4, 0.5) is 42.5 Å². The van der Waals surface area contributed by atoms with Gasteiger partial charge in [-0.1, -0.05) is 31.7 Å². The normalized spacial score (nSPS) is 14.5. The molecule has 1 N–H and O–H groups in total. The number of hydrogen-bond donors (Lipinski definition) is 1. The maximum absolute atomic E-state index is 13.2. The fourth-order valence-corrected chi connectivity index (χ4v) is 5.58.